The monoisotopic (exact) mass is 425 g/mol. The number of carbonyl (C=O) groups is 1. The molecule has 0 spiro atoms. The zero-order chi connectivity index (χ0) is 22.2. The molecule has 0 unspecified atom stereocenters. The van der Waals surface area contributed by atoms with Crippen molar-refractivity contribution in [2.24, 2.45) is 5.10 Å². The molecule has 0 aliphatic carbocycles. The lowest BCUT2D eigenvalue weighted by Crippen LogP contribution is -2.25. The number of methoxy groups -OCH3 is 1. The van der Waals surface area contributed by atoms with Gasteiger partial charge in [0.05, 0.1) is 25.6 Å². The van der Waals surface area contributed by atoms with Crippen LogP contribution in [0.25, 0.3) is 16.9 Å². The van der Waals surface area contributed by atoms with Gasteiger partial charge in [-0.05, 0) is 36.4 Å². The Morgan fingerprint density at radius 3 is 2.38 bits per heavy atom. The summed E-state index contributed by atoms with van der Waals surface area (Å²) in [6.07, 6.45) is 3.50. The summed E-state index contributed by atoms with van der Waals surface area (Å²) in [6.45, 7) is 0.0957. The Bertz CT molecular complexity index is 1190. The fourth-order valence-corrected chi connectivity index (χ4v) is 3.12. The Morgan fingerprint density at radius 1 is 1.00 bits per heavy atom. The third kappa shape index (κ3) is 5.20. The highest BCUT2D eigenvalue weighted by Gasteiger charge is 2.11. The van der Waals surface area contributed by atoms with Crippen LogP contribution in [0.3, 0.4) is 0 Å². The van der Waals surface area contributed by atoms with E-state index in [0.29, 0.717) is 0 Å². The van der Waals surface area contributed by atoms with E-state index in [1.54, 1.807) is 18.0 Å². The second-order valence-electron chi connectivity index (χ2n) is 6.95. The minimum absolute atomic E-state index is 0.0957. The van der Waals surface area contributed by atoms with Crippen molar-refractivity contribution in [2.75, 3.05) is 19.0 Å². The maximum atomic E-state index is 12.2. The van der Waals surface area contributed by atoms with Crippen molar-refractivity contribution in [1.29, 1.82) is 0 Å². The van der Waals surface area contributed by atoms with Crippen LogP contribution in [0.1, 0.15) is 5.56 Å². The van der Waals surface area contributed by atoms with Crippen LogP contribution in [-0.4, -0.2) is 35.6 Å². The van der Waals surface area contributed by atoms with Gasteiger partial charge in [-0.2, -0.15) is 10.2 Å². The molecule has 1 aromatic heterocycles. The number of ether oxygens (including phenoxy) is 1. The third-order valence-electron chi connectivity index (χ3n) is 4.75. The average Bonchev–Trinajstić information content (AvgIpc) is 3.28. The lowest BCUT2D eigenvalue weighted by atomic mass is 10.1. The summed E-state index contributed by atoms with van der Waals surface area (Å²) < 4.78 is 6.93. The van der Waals surface area contributed by atoms with Gasteiger partial charge in [0, 0.05) is 23.0 Å². The third-order valence-corrected chi connectivity index (χ3v) is 4.75. The van der Waals surface area contributed by atoms with Crippen LogP contribution in [-0.2, 0) is 4.79 Å². The highest BCUT2D eigenvalue weighted by atomic mass is 16.5. The summed E-state index contributed by atoms with van der Waals surface area (Å²) in [5, 5.41) is 11.9. The van der Waals surface area contributed by atoms with Gasteiger partial charge >= 0.3 is 0 Å². The lowest BCUT2D eigenvalue weighted by molar-refractivity contribution is -0.119. The number of aromatic nitrogens is 2. The fraction of sp³-hybridized carbons (Fsp3) is 0.0800. The number of anilines is 1. The molecule has 0 aliphatic rings. The predicted octanol–water partition coefficient (Wildman–Crippen LogP) is 4.11. The second-order valence-corrected chi connectivity index (χ2v) is 6.95. The van der Waals surface area contributed by atoms with E-state index in [-0.39, 0.29) is 12.5 Å². The van der Waals surface area contributed by atoms with E-state index in [2.05, 4.69) is 15.8 Å². The minimum atomic E-state index is -0.256. The summed E-state index contributed by atoms with van der Waals surface area (Å²) in [6, 6.07) is 27.1. The number of hydrogen-bond acceptors (Lipinski definition) is 5. The number of amides is 1. The summed E-state index contributed by atoms with van der Waals surface area (Å²) in [7, 11) is 1.61. The van der Waals surface area contributed by atoms with Crippen molar-refractivity contribution < 1.29 is 9.53 Å². The van der Waals surface area contributed by atoms with Gasteiger partial charge in [-0.15, -0.1) is 0 Å². The van der Waals surface area contributed by atoms with Crippen LogP contribution in [0.2, 0.25) is 0 Å². The quantitative estimate of drug-likeness (QED) is 0.329. The van der Waals surface area contributed by atoms with Crippen molar-refractivity contribution in [3.8, 4) is 22.7 Å². The van der Waals surface area contributed by atoms with Gasteiger partial charge in [-0.1, -0.05) is 48.5 Å². The number of rotatable bonds is 8. The van der Waals surface area contributed by atoms with Crippen LogP contribution in [0.4, 0.5) is 5.69 Å². The zero-order valence-corrected chi connectivity index (χ0v) is 17.6. The Morgan fingerprint density at radius 2 is 1.69 bits per heavy atom. The average molecular weight is 425 g/mol. The Kier molecular flexibility index (Phi) is 6.57. The molecule has 0 aliphatic heterocycles. The van der Waals surface area contributed by atoms with Crippen molar-refractivity contribution >= 4 is 17.8 Å². The van der Waals surface area contributed by atoms with E-state index >= 15 is 0 Å². The molecule has 4 aromatic rings. The highest BCUT2D eigenvalue weighted by molar-refractivity contribution is 5.90. The van der Waals surface area contributed by atoms with Crippen LogP contribution in [0.15, 0.2) is 96.2 Å². The molecule has 0 saturated carbocycles. The standard InChI is InChI=1S/C25H23N5O2/c1-32-23-14-12-21(13-15-23)26-17-24(31)28-27-16-20-18-30(22-10-6-3-7-11-22)29-25(20)19-8-4-2-5-9-19/h2-16,18,26H,17H2,1H3,(H,28,31)/b27-16+. The van der Waals surface area contributed by atoms with Crippen molar-refractivity contribution in [2.45, 2.75) is 0 Å². The van der Waals surface area contributed by atoms with Gasteiger partial charge in [-0.25, -0.2) is 10.1 Å². The summed E-state index contributed by atoms with van der Waals surface area (Å²) in [5.74, 6) is 0.503. The molecule has 160 valence electrons. The zero-order valence-electron chi connectivity index (χ0n) is 17.6. The molecule has 0 atom stereocenters. The maximum Gasteiger partial charge on any atom is 0.259 e. The minimum Gasteiger partial charge on any atom is -0.497 e. The largest absolute Gasteiger partial charge is 0.497 e. The number of nitrogens with one attached hydrogen (secondary N) is 2. The van der Waals surface area contributed by atoms with Crippen molar-refractivity contribution in [3.05, 3.63) is 96.7 Å². The molecule has 0 bridgehead atoms. The molecule has 0 saturated heterocycles. The molecular formula is C25H23N5O2. The molecule has 3 aromatic carbocycles. The van der Waals surface area contributed by atoms with Gasteiger partial charge < -0.3 is 10.1 Å². The van der Waals surface area contributed by atoms with Gasteiger partial charge in [0.2, 0.25) is 0 Å². The first-order chi connectivity index (χ1) is 15.7. The van der Waals surface area contributed by atoms with Crippen molar-refractivity contribution in [3.63, 3.8) is 0 Å². The number of nitrogens with zero attached hydrogens (tertiary/aromatic N) is 3. The molecule has 32 heavy (non-hydrogen) atoms. The molecule has 0 radical (unpaired) electrons. The molecule has 7 heteroatoms. The number of hydrogen-bond donors (Lipinski definition) is 2. The van der Waals surface area contributed by atoms with Crippen LogP contribution < -0.4 is 15.5 Å². The Hall–Kier alpha value is -4.39. The van der Waals surface area contributed by atoms with Crippen LogP contribution in [0, 0.1) is 0 Å². The summed E-state index contributed by atoms with van der Waals surface area (Å²) in [5.41, 5.74) is 6.86. The highest BCUT2D eigenvalue weighted by Crippen LogP contribution is 2.22. The molecule has 1 heterocycles. The molecule has 1 amide bonds. The number of carbonyl (C=O) groups excluding carboxylic acids is 1. The van der Waals surface area contributed by atoms with Gasteiger partial charge in [0.25, 0.3) is 5.91 Å². The summed E-state index contributed by atoms with van der Waals surface area (Å²) in [4.78, 5) is 12.2. The van der Waals surface area contributed by atoms with E-state index in [0.717, 1.165) is 33.9 Å². The number of hydrazone groups is 1. The SMILES string of the molecule is COc1ccc(NCC(=O)N/N=C/c2cn(-c3ccccc3)nc2-c2ccccc2)cc1. The maximum absolute atomic E-state index is 12.2. The van der Waals surface area contributed by atoms with Crippen LogP contribution >= 0.6 is 0 Å². The van der Waals surface area contributed by atoms with E-state index in [9.17, 15) is 4.79 Å². The molecule has 2 N–H and O–H groups in total. The second kappa shape index (κ2) is 10.1. The van der Waals surface area contributed by atoms with E-state index in [4.69, 9.17) is 9.84 Å². The molecule has 7 nitrogen and oxygen atoms in total. The lowest BCUT2D eigenvalue weighted by Gasteiger charge is -2.06. The predicted molar refractivity (Wildman–Crippen MR) is 126 cm³/mol. The van der Waals surface area contributed by atoms with Crippen LogP contribution in [0.5, 0.6) is 5.75 Å². The number of benzene rings is 3. The van der Waals surface area contributed by atoms with E-state index < -0.39 is 0 Å². The smallest absolute Gasteiger partial charge is 0.259 e. The first-order valence-electron chi connectivity index (χ1n) is 10.1. The van der Waals surface area contributed by atoms with Crippen molar-refractivity contribution in [1.82, 2.24) is 15.2 Å². The first kappa shape index (κ1) is 20.9. The van der Waals surface area contributed by atoms with E-state index in [1.165, 1.54) is 0 Å². The van der Waals surface area contributed by atoms with Gasteiger partial charge in [-0.3, -0.25) is 4.79 Å². The Balaban J connectivity index is 1.45. The molecular weight excluding hydrogens is 402 g/mol. The fourth-order valence-electron chi connectivity index (χ4n) is 3.12. The molecule has 0 fully saturated rings. The molecule has 4 rings (SSSR count). The van der Waals surface area contributed by atoms with Gasteiger partial charge in [0.1, 0.15) is 11.4 Å². The number of para-hydroxylation sites is 1. The summed E-state index contributed by atoms with van der Waals surface area (Å²) >= 11 is 0. The normalized spacial score (nSPS) is 10.8. The van der Waals surface area contributed by atoms with Gasteiger partial charge in [0.15, 0.2) is 0 Å². The van der Waals surface area contributed by atoms with E-state index in [1.807, 2.05) is 91.1 Å². The Labute approximate surface area is 186 Å². The first-order valence-corrected chi connectivity index (χ1v) is 10.1. The topological polar surface area (TPSA) is 80.5 Å².